The molecule has 92 valence electrons. The number of carbonyl (C=O) groups excluding carboxylic acids is 1. The van der Waals surface area contributed by atoms with Gasteiger partial charge in [0.2, 0.25) is 0 Å². The lowest BCUT2D eigenvalue weighted by atomic mass is 9.91. The van der Waals surface area contributed by atoms with E-state index in [1.165, 1.54) is 5.57 Å². The smallest absolute Gasteiger partial charge is 0.334 e. The Bertz CT molecular complexity index is 525. The van der Waals surface area contributed by atoms with Gasteiger partial charge in [-0.25, -0.2) is 4.79 Å². The highest BCUT2D eigenvalue weighted by atomic mass is 16.5. The third-order valence-corrected chi connectivity index (χ3v) is 3.70. The highest BCUT2D eigenvalue weighted by molar-refractivity contribution is 6.01. The lowest BCUT2D eigenvalue weighted by Gasteiger charge is -2.15. The molecule has 1 aromatic carbocycles. The predicted molar refractivity (Wildman–Crippen MR) is 70.7 cm³/mol. The molecule has 2 heteroatoms. The quantitative estimate of drug-likeness (QED) is 0.599. The van der Waals surface area contributed by atoms with Crippen molar-refractivity contribution in [3.05, 3.63) is 53.6 Å². The molecule has 0 saturated carbocycles. The van der Waals surface area contributed by atoms with Crippen molar-refractivity contribution >= 4 is 11.5 Å². The summed E-state index contributed by atoms with van der Waals surface area (Å²) in [5, 5.41) is 0. The molecule has 0 spiro atoms. The Morgan fingerprint density at radius 1 is 1.22 bits per heavy atom. The number of benzene rings is 1. The number of fused-ring (bicyclic) bond motifs is 2. The summed E-state index contributed by atoms with van der Waals surface area (Å²) < 4.78 is 5.20. The second-order valence-electron chi connectivity index (χ2n) is 4.75. The van der Waals surface area contributed by atoms with E-state index in [0.717, 1.165) is 17.6 Å². The number of hydrogen-bond donors (Lipinski definition) is 0. The van der Waals surface area contributed by atoms with E-state index in [9.17, 15) is 4.79 Å². The summed E-state index contributed by atoms with van der Waals surface area (Å²) in [4.78, 5) is 12.1. The van der Waals surface area contributed by atoms with Gasteiger partial charge < -0.3 is 4.74 Å². The van der Waals surface area contributed by atoms with Crippen LogP contribution in [0, 0.1) is 11.8 Å². The van der Waals surface area contributed by atoms with Gasteiger partial charge in [-0.15, -0.1) is 0 Å². The third-order valence-electron chi connectivity index (χ3n) is 3.70. The molecule has 2 unspecified atom stereocenters. The molecule has 0 N–H and O–H groups in total. The molecule has 2 atom stereocenters. The van der Waals surface area contributed by atoms with Gasteiger partial charge in [0.1, 0.15) is 0 Å². The Morgan fingerprint density at radius 2 is 1.94 bits per heavy atom. The molecule has 0 aliphatic heterocycles. The standard InChI is InChI=1S/C16H16O2/c1-2-18-16(17)15-13-9-8-12(10-13)14(15)11-6-4-3-5-7-11/h3-9,12-13H,2,10H2,1H3. The van der Waals surface area contributed by atoms with Crippen molar-refractivity contribution < 1.29 is 9.53 Å². The molecule has 2 nitrogen and oxygen atoms in total. The van der Waals surface area contributed by atoms with Crippen LogP contribution in [0.4, 0.5) is 0 Å². The highest BCUT2D eigenvalue weighted by Gasteiger charge is 2.39. The second-order valence-corrected chi connectivity index (χ2v) is 4.75. The van der Waals surface area contributed by atoms with E-state index >= 15 is 0 Å². The molecule has 18 heavy (non-hydrogen) atoms. The highest BCUT2D eigenvalue weighted by Crippen LogP contribution is 2.48. The van der Waals surface area contributed by atoms with Crippen LogP contribution >= 0.6 is 0 Å². The maximum atomic E-state index is 12.1. The minimum atomic E-state index is -0.145. The zero-order valence-corrected chi connectivity index (χ0v) is 10.4. The van der Waals surface area contributed by atoms with E-state index in [0.29, 0.717) is 12.5 Å². The lowest BCUT2D eigenvalue weighted by molar-refractivity contribution is -0.138. The van der Waals surface area contributed by atoms with Gasteiger partial charge in [-0.3, -0.25) is 0 Å². The van der Waals surface area contributed by atoms with E-state index in [4.69, 9.17) is 4.74 Å². The predicted octanol–water partition coefficient (Wildman–Crippen LogP) is 3.21. The number of allylic oxidation sites excluding steroid dienone is 3. The summed E-state index contributed by atoms with van der Waals surface area (Å²) in [5.74, 6) is 0.495. The van der Waals surface area contributed by atoms with Crippen LogP contribution in [0.3, 0.4) is 0 Å². The molecule has 1 aromatic rings. The third kappa shape index (κ3) is 1.69. The summed E-state index contributed by atoms with van der Waals surface area (Å²) in [7, 11) is 0. The summed E-state index contributed by atoms with van der Waals surface area (Å²) in [6.45, 7) is 2.29. The number of rotatable bonds is 3. The first kappa shape index (κ1) is 11.3. The first-order valence-electron chi connectivity index (χ1n) is 6.46. The fraction of sp³-hybridized carbons (Fsp3) is 0.312. The molecule has 0 saturated heterocycles. The van der Waals surface area contributed by atoms with Gasteiger partial charge in [-0.05, 0) is 24.5 Å². The van der Waals surface area contributed by atoms with Crippen molar-refractivity contribution in [1.82, 2.24) is 0 Å². The van der Waals surface area contributed by atoms with Crippen LogP contribution in [0.5, 0.6) is 0 Å². The molecular weight excluding hydrogens is 224 g/mol. The topological polar surface area (TPSA) is 26.3 Å². The molecular formula is C16H16O2. The van der Waals surface area contributed by atoms with Gasteiger partial charge in [0, 0.05) is 17.4 Å². The van der Waals surface area contributed by atoms with Crippen molar-refractivity contribution in [2.45, 2.75) is 13.3 Å². The second kappa shape index (κ2) is 4.45. The Hall–Kier alpha value is -1.83. The van der Waals surface area contributed by atoms with Gasteiger partial charge in [0.05, 0.1) is 6.61 Å². The van der Waals surface area contributed by atoms with E-state index < -0.39 is 0 Å². The van der Waals surface area contributed by atoms with E-state index in [1.807, 2.05) is 25.1 Å². The van der Waals surface area contributed by atoms with Crippen LogP contribution in [-0.2, 0) is 9.53 Å². The number of carbonyl (C=O) groups is 1. The van der Waals surface area contributed by atoms with Crippen molar-refractivity contribution in [2.75, 3.05) is 6.61 Å². The summed E-state index contributed by atoms with van der Waals surface area (Å²) >= 11 is 0. The van der Waals surface area contributed by atoms with Gasteiger partial charge in [0.15, 0.2) is 0 Å². The zero-order valence-electron chi connectivity index (χ0n) is 10.4. The van der Waals surface area contributed by atoms with Crippen LogP contribution in [-0.4, -0.2) is 12.6 Å². The fourth-order valence-corrected chi connectivity index (χ4v) is 2.98. The first-order chi connectivity index (χ1) is 8.81. The van der Waals surface area contributed by atoms with Crippen LogP contribution in [0.15, 0.2) is 48.1 Å². The first-order valence-corrected chi connectivity index (χ1v) is 6.46. The Kier molecular flexibility index (Phi) is 2.78. The molecule has 2 aliphatic rings. The average Bonchev–Trinajstić information content (AvgIpc) is 3.00. The fourth-order valence-electron chi connectivity index (χ4n) is 2.98. The van der Waals surface area contributed by atoms with Crippen LogP contribution in [0.25, 0.3) is 5.57 Å². The summed E-state index contributed by atoms with van der Waals surface area (Å²) in [6, 6.07) is 10.2. The van der Waals surface area contributed by atoms with Crippen molar-refractivity contribution in [3.8, 4) is 0 Å². The number of ether oxygens (including phenoxy) is 1. The van der Waals surface area contributed by atoms with Crippen LogP contribution in [0.1, 0.15) is 18.9 Å². The van der Waals surface area contributed by atoms with Gasteiger partial charge in [0.25, 0.3) is 0 Å². The Labute approximate surface area is 107 Å². The zero-order chi connectivity index (χ0) is 12.5. The van der Waals surface area contributed by atoms with Crippen molar-refractivity contribution in [3.63, 3.8) is 0 Å². The summed E-state index contributed by atoms with van der Waals surface area (Å²) in [6.07, 6.45) is 5.39. The number of esters is 1. The van der Waals surface area contributed by atoms with Gasteiger partial charge in [-0.1, -0.05) is 42.5 Å². The van der Waals surface area contributed by atoms with Crippen LogP contribution in [0.2, 0.25) is 0 Å². The monoisotopic (exact) mass is 240 g/mol. The van der Waals surface area contributed by atoms with Crippen LogP contribution < -0.4 is 0 Å². The van der Waals surface area contributed by atoms with E-state index in [-0.39, 0.29) is 11.9 Å². The summed E-state index contributed by atoms with van der Waals surface area (Å²) in [5.41, 5.74) is 3.19. The molecule has 0 aromatic heterocycles. The minimum absolute atomic E-state index is 0.145. The SMILES string of the molecule is CCOC(=O)C1=C(c2ccccc2)C2C=CC1C2. The molecule has 2 aliphatic carbocycles. The molecule has 0 radical (unpaired) electrons. The molecule has 0 heterocycles. The normalized spacial score (nSPS) is 24.7. The Balaban J connectivity index is 2.05. The average molecular weight is 240 g/mol. The molecule has 2 bridgehead atoms. The number of hydrogen-bond acceptors (Lipinski definition) is 2. The van der Waals surface area contributed by atoms with E-state index in [2.05, 4.69) is 24.3 Å². The maximum absolute atomic E-state index is 12.1. The lowest BCUT2D eigenvalue weighted by Crippen LogP contribution is -2.13. The molecule has 0 fully saturated rings. The Morgan fingerprint density at radius 3 is 2.67 bits per heavy atom. The minimum Gasteiger partial charge on any atom is -0.463 e. The molecule has 0 amide bonds. The molecule has 3 rings (SSSR count). The van der Waals surface area contributed by atoms with Crippen molar-refractivity contribution in [1.29, 1.82) is 0 Å². The van der Waals surface area contributed by atoms with Crippen molar-refractivity contribution in [2.24, 2.45) is 11.8 Å². The van der Waals surface area contributed by atoms with E-state index in [1.54, 1.807) is 0 Å². The maximum Gasteiger partial charge on any atom is 0.334 e. The van der Waals surface area contributed by atoms with Gasteiger partial charge >= 0.3 is 5.97 Å². The largest absolute Gasteiger partial charge is 0.463 e. The van der Waals surface area contributed by atoms with Gasteiger partial charge in [-0.2, -0.15) is 0 Å².